The molecule has 7 rings (SSSR count). The fourth-order valence-electron chi connectivity index (χ4n) is 8.50. The van der Waals surface area contributed by atoms with E-state index in [1.54, 1.807) is 0 Å². The molecule has 0 spiro atoms. The van der Waals surface area contributed by atoms with Gasteiger partial charge in [-0.15, -0.1) is 0 Å². The summed E-state index contributed by atoms with van der Waals surface area (Å²) in [6, 6.07) is 45.8. The molecule has 5 aromatic rings. The Labute approximate surface area is 431 Å². The van der Waals surface area contributed by atoms with E-state index in [-0.39, 0.29) is 18.0 Å². The van der Waals surface area contributed by atoms with Gasteiger partial charge in [0.25, 0.3) is 0 Å². The minimum absolute atomic E-state index is 0.137. The first-order valence-corrected chi connectivity index (χ1v) is 26.3. The Hall–Kier alpha value is -5.97. The van der Waals surface area contributed by atoms with Crippen molar-refractivity contribution in [2.45, 2.75) is 144 Å². The fourth-order valence-corrected chi connectivity index (χ4v) is 8.60. The van der Waals surface area contributed by atoms with Gasteiger partial charge in [0.15, 0.2) is 0 Å². The third-order valence-corrected chi connectivity index (χ3v) is 13.1. The Balaban J connectivity index is 0.000000343. The summed E-state index contributed by atoms with van der Waals surface area (Å²) in [5.41, 5.74) is 21.5. The second-order valence-electron chi connectivity index (χ2n) is 18.7. The summed E-state index contributed by atoms with van der Waals surface area (Å²) in [4.78, 5) is 1.09. The molecule has 3 nitrogen and oxygen atoms in total. The molecule has 4 N–H and O–H groups in total. The molecule has 0 saturated carbocycles. The Morgan fingerprint density at radius 2 is 1.23 bits per heavy atom. The summed E-state index contributed by atoms with van der Waals surface area (Å²) >= 11 is 4.99. The van der Waals surface area contributed by atoms with Crippen molar-refractivity contribution >= 4 is 17.1 Å². The quantitative estimate of drug-likeness (QED) is 0.0767. The zero-order valence-corrected chi connectivity index (χ0v) is 45.0. The van der Waals surface area contributed by atoms with Crippen LogP contribution in [0.4, 0.5) is 0 Å². The molecule has 0 radical (unpaired) electrons. The highest BCUT2D eigenvalue weighted by Gasteiger charge is 2.28. The molecule has 0 aromatic heterocycles. The van der Waals surface area contributed by atoms with Crippen LogP contribution in [0.5, 0.6) is 0 Å². The minimum Gasteiger partial charge on any atom is -0.405 e. The maximum atomic E-state index is 4.99. The zero-order valence-electron chi connectivity index (χ0n) is 44.2. The Bertz CT molecular complexity index is 2390. The molecule has 5 aromatic carbocycles. The molecule has 1 aliphatic carbocycles. The van der Waals surface area contributed by atoms with Gasteiger partial charge in [0.1, 0.15) is 0 Å². The van der Waals surface area contributed by atoms with E-state index in [1.165, 1.54) is 81.1 Å². The van der Waals surface area contributed by atoms with Crippen molar-refractivity contribution in [1.29, 1.82) is 0 Å². The van der Waals surface area contributed by atoms with Crippen LogP contribution in [0.15, 0.2) is 201 Å². The van der Waals surface area contributed by atoms with Crippen LogP contribution >= 0.6 is 12.2 Å². The number of allylic oxidation sites excluding steroid dienone is 5. The molecule has 4 bridgehead atoms. The van der Waals surface area contributed by atoms with Gasteiger partial charge in [-0.2, -0.15) is 0 Å². The lowest BCUT2D eigenvalue weighted by atomic mass is 9.85. The third-order valence-electron chi connectivity index (χ3n) is 12.9. The van der Waals surface area contributed by atoms with E-state index in [9.17, 15) is 0 Å². The number of nitrogens with two attached hydrogens (primary N) is 1. The number of rotatable bonds is 14. The number of benzene rings is 5. The Kier molecular flexibility index (Phi) is 28.0. The number of thiocarbonyl (C=S) groups is 1. The lowest BCUT2D eigenvalue weighted by Crippen LogP contribution is -2.43. The predicted molar refractivity (Wildman–Crippen MR) is 313 cm³/mol. The van der Waals surface area contributed by atoms with Crippen LogP contribution in [-0.2, 0) is 32.1 Å². The third kappa shape index (κ3) is 22.2. The largest absolute Gasteiger partial charge is 0.405 e. The van der Waals surface area contributed by atoms with Crippen molar-refractivity contribution in [3.8, 4) is 11.1 Å². The zero-order chi connectivity index (χ0) is 51.1. The maximum Gasteiger partial charge on any atom is 0.0505 e. The molecular formula is C66H87N3S. The lowest BCUT2D eigenvalue weighted by molar-refractivity contribution is 0.361. The average molecular weight is 955 g/mol. The van der Waals surface area contributed by atoms with E-state index < -0.39 is 0 Å². The summed E-state index contributed by atoms with van der Waals surface area (Å²) < 4.78 is 0. The lowest BCUT2D eigenvalue weighted by Gasteiger charge is -2.34. The first-order chi connectivity index (χ1) is 33.8. The molecule has 1 aliphatic heterocycles. The molecule has 4 heteroatoms. The van der Waals surface area contributed by atoms with E-state index in [2.05, 4.69) is 218 Å². The SMILES string of the molecule is C=C(CCc1ccccc1)NC1Cc2cc(ccc2C)-c2ccc(C)c(c2)CC(C(=C)C)NC(=C)[C@@H]1CCCC.C=CN.CC(=S)CCc1ccccc1.CCC1=CCCC=C1.CCc1ccccc1. The van der Waals surface area contributed by atoms with Crippen molar-refractivity contribution in [2.24, 2.45) is 11.7 Å². The number of unbranched alkanes of at least 4 members (excludes halogenated alkanes) is 1. The number of hydrogen-bond acceptors (Lipinski definition) is 4. The number of nitrogens with one attached hydrogen (secondary N) is 2. The molecule has 0 saturated heterocycles. The Morgan fingerprint density at radius 1 is 0.714 bits per heavy atom. The van der Waals surface area contributed by atoms with E-state index in [1.807, 2.05) is 19.1 Å². The number of fused-ring (bicyclic) bond motifs is 5. The molecule has 0 amide bonds. The van der Waals surface area contributed by atoms with Crippen molar-refractivity contribution in [3.05, 3.63) is 240 Å². The van der Waals surface area contributed by atoms with E-state index in [0.717, 1.165) is 86.0 Å². The number of aryl methyl sites for hydroxylation is 5. The van der Waals surface area contributed by atoms with E-state index in [4.69, 9.17) is 12.2 Å². The summed E-state index contributed by atoms with van der Waals surface area (Å²) in [7, 11) is 0. The van der Waals surface area contributed by atoms with Crippen molar-refractivity contribution in [3.63, 3.8) is 0 Å². The molecular weight excluding hydrogens is 867 g/mol. The normalized spacial score (nSPS) is 15.7. The van der Waals surface area contributed by atoms with Crippen LogP contribution in [0, 0.1) is 19.8 Å². The summed E-state index contributed by atoms with van der Waals surface area (Å²) in [6.07, 6.45) is 22.1. The average Bonchev–Trinajstić information content (AvgIpc) is 3.38. The van der Waals surface area contributed by atoms with Gasteiger partial charge in [-0.25, -0.2) is 0 Å². The first-order valence-electron chi connectivity index (χ1n) is 25.9. The highest BCUT2D eigenvalue weighted by Crippen LogP contribution is 2.31. The second kappa shape index (κ2) is 33.5. The van der Waals surface area contributed by atoms with Gasteiger partial charge in [-0.1, -0.05) is 229 Å². The number of hydrogen-bond donors (Lipinski definition) is 3. The summed E-state index contributed by atoms with van der Waals surface area (Å²) in [6.45, 7) is 31.9. The van der Waals surface area contributed by atoms with Crippen LogP contribution in [0.2, 0.25) is 0 Å². The van der Waals surface area contributed by atoms with Gasteiger partial charge in [-0.05, 0) is 159 Å². The van der Waals surface area contributed by atoms with Crippen LogP contribution < -0.4 is 16.4 Å². The maximum absolute atomic E-state index is 4.99. The molecule has 2 aliphatic rings. The van der Waals surface area contributed by atoms with Gasteiger partial charge in [0, 0.05) is 23.4 Å². The molecule has 1 heterocycles. The van der Waals surface area contributed by atoms with Crippen LogP contribution in [0.25, 0.3) is 11.1 Å². The predicted octanol–water partition coefficient (Wildman–Crippen LogP) is 17.0. The summed E-state index contributed by atoms with van der Waals surface area (Å²) in [5.74, 6) is 0.267. The fraction of sp³-hybridized carbons (Fsp3) is 0.348. The standard InChI is InChI=1S/C38H48N2.C10H12S.C8H12.C8H10.C2H5N/c1-8-9-15-36-30(7)40-37(26(2)3)24-34-22-32(20-16-27(34)4)33-21-17-28(5)35(23-33)25-38(36)39-29(6)18-19-31-13-11-10-12-14-31;1-9(11)7-8-10-5-3-2-4-6-10;2*1-2-8-6-4-3-5-7-8;1-2-3/h10-14,16-17,20-23,36-40H,2,6-9,15,18-19,24-25H2,1,3-5H3;2-6H,7-8H2,1H3;4,6-7H,2-3,5H2,1H3;3-7H,2H2,1H3;2H,1,3H2/t36-,37?,38?;;;;/m0..../s1. The van der Waals surface area contributed by atoms with Crippen LogP contribution in [-0.4, -0.2) is 16.9 Å². The van der Waals surface area contributed by atoms with Crippen molar-refractivity contribution in [1.82, 2.24) is 10.6 Å². The molecule has 0 fully saturated rings. The monoisotopic (exact) mass is 954 g/mol. The smallest absolute Gasteiger partial charge is 0.0505 e. The topological polar surface area (TPSA) is 50.1 Å². The Morgan fingerprint density at radius 3 is 1.66 bits per heavy atom. The molecule has 2 unspecified atom stereocenters. The van der Waals surface area contributed by atoms with E-state index in [0.29, 0.717) is 0 Å². The first kappa shape index (κ1) is 58.3. The van der Waals surface area contributed by atoms with Gasteiger partial charge in [0.05, 0.1) is 6.04 Å². The molecule has 372 valence electrons. The molecule has 70 heavy (non-hydrogen) atoms. The van der Waals surface area contributed by atoms with E-state index >= 15 is 0 Å². The summed E-state index contributed by atoms with van der Waals surface area (Å²) in [5, 5.41) is 7.79. The highest BCUT2D eigenvalue weighted by atomic mass is 32.1. The van der Waals surface area contributed by atoms with Gasteiger partial charge in [-0.3, -0.25) is 0 Å². The van der Waals surface area contributed by atoms with Crippen LogP contribution in [0.3, 0.4) is 0 Å². The van der Waals surface area contributed by atoms with Crippen molar-refractivity contribution < 1.29 is 0 Å². The highest BCUT2D eigenvalue weighted by molar-refractivity contribution is 7.80. The minimum atomic E-state index is 0.137. The van der Waals surface area contributed by atoms with Gasteiger partial charge >= 0.3 is 0 Å². The molecule has 3 atom stereocenters. The van der Waals surface area contributed by atoms with Gasteiger partial charge < -0.3 is 16.4 Å². The second-order valence-corrected chi connectivity index (χ2v) is 19.4. The van der Waals surface area contributed by atoms with Gasteiger partial charge in [0.2, 0.25) is 0 Å². The van der Waals surface area contributed by atoms with Crippen molar-refractivity contribution in [2.75, 3.05) is 0 Å². The van der Waals surface area contributed by atoms with Crippen LogP contribution in [0.1, 0.15) is 125 Å².